The van der Waals surface area contributed by atoms with Gasteiger partial charge in [0.2, 0.25) is 0 Å². The molecular formula is C12H24N2O. The summed E-state index contributed by atoms with van der Waals surface area (Å²) in [5.74, 6) is 0.727. The molecule has 0 aromatic heterocycles. The summed E-state index contributed by atoms with van der Waals surface area (Å²) < 4.78 is 5.77. The Labute approximate surface area is 93.2 Å². The molecule has 0 amide bonds. The molecule has 3 nitrogen and oxygen atoms in total. The molecule has 2 unspecified atom stereocenters. The average molecular weight is 212 g/mol. The molecule has 0 aromatic carbocycles. The molecular weight excluding hydrogens is 188 g/mol. The summed E-state index contributed by atoms with van der Waals surface area (Å²) >= 11 is 0. The second-order valence-corrected chi connectivity index (χ2v) is 5.29. The minimum absolute atomic E-state index is 0.328. The second-order valence-electron chi connectivity index (χ2n) is 5.29. The van der Waals surface area contributed by atoms with E-state index in [0.717, 1.165) is 12.5 Å². The van der Waals surface area contributed by atoms with Crippen molar-refractivity contribution in [3.63, 3.8) is 0 Å². The summed E-state index contributed by atoms with van der Waals surface area (Å²) in [4.78, 5) is 2.56. The number of rotatable bonds is 2. The van der Waals surface area contributed by atoms with Crippen LogP contribution in [0.1, 0.15) is 33.6 Å². The van der Waals surface area contributed by atoms with Crippen molar-refractivity contribution in [1.29, 1.82) is 0 Å². The Morgan fingerprint density at radius 1 is 1.27 bits per heavy atom. The van der Waals surface area contributed by atoms with Crippen LogP contribution in [0.2, 0.25) is 0 Å². The molecule has 0 radical (unpaired) electrons. The fourth-order valence-electron chi connectivity index (χ4n) is 2.64. The predicted octanol–water partition coefficient (Wildman–Crippen LogP) is 1.44. The quantitative estimate of drug-likeness (QED) is 0.749. The van der Waals surface area contributed by atoms with Crippen molar-refractivity contribution in [2.45, 2.75) is 51.9 Å². The lowest BCUT2D eigenvalue weighted by molar-refractivity contribution is 0.0168. The molecule has 2 atom stereocenters. The van der Waals surface area contributed by atoms with Crippen LogP contribution in [0.5, 0.6) is 0 Å². The Morgan fingerprint density at radius 3 is 2.40 bits per heavy atom. The van der Waals surface area contributed by atoms with Crippen LogP contribution in [0.25, 0.3) is 0 Å². The molecule has 2 rings (SSSR count). The molecule has 0 saturated carbocycles. The summed E-state index contributed by atoms with van der Waals surface area (Å²) in [5.41, 5.74) is 0. The third kappa shape index (κ3) is 2.71. The molecule has 2 saturated heterocycles. The number of nitrogens with zero attached hydrogens (tertiary/aromatic N) is 1. The van der Waals surface area contributed by atoms with Gasteiger partial charge in [0, 0.05) is 18.0 Å². The van der Waals surface area contributed by atoms with E-state index in [1.165, 1.54) is 25.9 Å². The van der Waals surface area contributed by atoms with Crippen molar-refractivity contribution >= 4 is 0 Å². The van der Waals surface area contributed by atoms with Crippen LogP contribution in [0, 0.1) is 5.92 Å². The first-order valence-corrected chi connectivity index (χ1v) is 6.28. The van der Waals surface area contributed by atoms with Crippen molar-refractivity contribution in [2.75, 3.05) is 19.7 Å². The Kier molecular flexibility index (Phi) is 3.65. The number of hydrogen-bond donors (Lipinski definition) is 1. The lowest BCUT2D eigenvalue weighted by Crippen LogP contribution is -2.44. The third-order valence-electron chi connectivity index (χ3n) is 3.71. The molecule has 2 aliphatic heterocycles. The first kappa shape index (κ1) is 11.4. The van der Waals surface area contributed by atoms with Crippen LogP contribution in [0.3, 0.4) is 0 Å². The Hall–Kier alpha value is -0.120. The topological polar surface area (TPSA) is 24.5 Å². The highest BCUT2D eigenvalue weighted by atomic mass is 16.5. The van der Waals surface area contributed by atoms with E-state index in [1.54, 1.807) is 0 Å². The number of piperidine rings is 1. The zero-order chi connectivity index (χ0) is 10.8. The maximum atomic E-state index is 5.77. The molecule has 2 heterocycles. The maximum Gasteiger partial charge on any atom is 0.111 e. The first-order chi connectivity index (χ1) is 7.16. The van der Waals surface area contributed by atoms with Crippen molar-refractivity contribution in [3.8, 4) is 0 Å². The maximum absolute atomic E-state index is 5.77. The van der Waals surface area contributed by atoms with Crippen LogP contribution < -0.4 is 5.32 Å². The Bertz CT molecular complexity index is 200. The van der Waals surface area contributed by atoms with Gasteiger partial charge in [-0.25, -0.2) is 0 Å². The van der Waals surface area contributed by atoms with Crippen LogP contribution in [0.15, 0.2) is 0 Å². The molecule has 0 bridgehead atoms. The van der Waals surface area contributed by atoms with Gasteiger partial charge in [0.05, 0.1) is 6.61 Å². The van der Waals surface area contributed by atoms with E-state index in [2.05, 4.69) is 31.0 Å². The average Bonchev–Trinajstić information content (AvgIpc) is 2.65. The molecule has 0 spiro atoms. The van der Waals surface area contributed by atoms with Crippen LogP contribution >= 0.6 is 0 Å². The first-order valence-electron chi connectivity index (χ1n) is 6.28. The molecule has 2 aliphatic rings. The van der Waals surface area contributed by atoms with Crippen molar-refractivity contribution in [2.24, 2.45) is 5.92 Å². The minimum Gasteiger partial charge on any atom is -0.361 e. The van der Waals surface area contributed by atoms with E-state index in [-0.39, 0.29) is 0 Å². The number of nitrogens with one attached hydrogen (secondary N) is 1. The number of hydrogen-bond acceptors (Lipinski definition) is 3. The van der Waals surface area contributed by atoms with Crippen LogP contribution in [-0.4, -0.2) is 42.9 Å². The summed E-state index contributed by atoms with van der Waals surface area (Å²) in [6, 6.07) is 1.24. The van der Waals surface area contributed by atoms with Gasteiger partial charge < -0.3 is 9.64 Å². The SMILES string of the molecule is CC1COC(C2CCN(C(C)C)CC2)N1. The normalized spacial score (nSPS) is 35.2. The fourth-order valence-corrected chi connectivity index (χ4v) is 2.64. The number of ether oxygens (including phenoxy) is 1. The molecule has 1 N–H and O–H groups in total. The van der Waals surface area contributed by atoms with Gasteiger partial charge in [0.25, 0.3) is 0 Å². The van der Waals surface area contributed by atoms with Gasteiger partial charge in [-0.1, -0.05) is 0 Å². The van der Waals surface area contributed by atoms with Crippen molar-refractivity contribution in [3.05, 3.63) is 0 Å². The molecule has 88 valence electrons. The highest BCUT2D eigenvalue weighted by Gasteiger charge is 2.31. The lowest BCUT2D eigenvalue weighted by Gasteiger charge is -2.36. The van der Waals surface area contributed by atoms with E-state index in [1.807, 2.05) is 0 Å². The Morgan fingerprint density at radius 2 is 1.93 bits per heavy atom. The van der Waals surface area contributed by atoms with E-state index in [4.69, 9.17) is 4.74 Å². The van der Waals surface area contributed by atoms with Crippen LogP contribution in [-0.2, 0) is 4.74 Å². The largest absolute Gasteiger partial charge is 0.361 e. The van der Waals surface area contributed by atoms with Gasteiger partial charge >= 0.3 is 0 Å². The van der Waals surface area contributed by atoms with Crippen molar-refractivity contribution < 1.29 is 4.74 Å². The van der Waals surface area contributed by atoms with Gasteiger partial charge in [-0.15, -0.1) is 0 Å². The van der Waals surface area contributed by atoms with Gasteiger partial charge in [-0.3, -0.25) is 5.32 Å². The van der Waals surface area contributed by atoms with E-state index < -0.39 is 0 Å². The summed E-state index contributed by atoms with van der Waals surface area (Å²) in [6.07, 6.45) is 2.89. The van der Waals surface area contributed by atoms with E-state index in [9.17, 15) is 0 Å². The van der Waals surface area contributed by atoms with Gasteiger partial charge in [-0.2, -0.15) is 0 Å². The molecule has 2 fully saturated rings. The van der Waals surface area contributed by atoms with Crippen molar-refractivity contribution in [1.82, 2.24) is 10.2 Å². The third-order valence-corrected chi connectivity index (χ3v) is 3.71. The van der Waals surface area contributed by atoms with Gasteiger partial charge in [0.15, 0.2) is 0 Å². The monoisotopic (exact) mass is 212 g/mol. The minimum atomic E-state index is 0.328. The molecule has 0 aliphatic carbocycles. The van der Waals surface area contributed by atoms with Crippen LogP contribution in [0.4, 0.5) is 0 Å². The molecule has 0 aromatic rings. The molecule has 15 heavy (non-hydrogen) atoms. The van der Waals surface area contributed by atoms with E-state index in [0.29, 0.717) is 18.3 Å². The number of likely N-dealkylation sites (tertiary alicyclic amines) is 1. The predicted molar refractivity (Wildman–Crippen MR) is 61.8 cm³/mol. The van der Waals surface area contributed by atoms with Gasteiger partial charge in [-0.05, 0) is 46.7 Å². The fraction of sp³-hybridized carbons (Fsp3) is 1.00. The Balaban J connectivity index is 1.78. The molecule has 3 heteroatoms. The standard InChI is InChI=1S/C12H24N2O/c1-9(2)14-6-4-11(5-7-14)12-13-10(3)8-15-12/h9-13H,4-8H2,1-3H3. The summed E-state index contributed by atoms with van der Waals surface area (Å²) in [7, 11) is 0. The highest BCUT2D eigenvalue weighted by molar-refractivity contribution is 4.83. The lowest BCUT2D eigenvalue weighted by atomic mass is 9.94. The van der Waals surface area contributed by atoms with Gasteiger partial charge in [0.1, 0.15) is 6.23 Å². The summed E-state index contributed by atoms with van der Waals surface area (Å²) in [6.45, 7) is 10.1. The summed E-state index contributed by atoms with van der Waals surface area (Å²) in [5, 5.41) is 3.53. The second kappa shape index (κ2) is 4.81. The highest BCUT2D eigenvalue weighted by Crippen LogP contribution is 2.24. The zero-order valence-corrected chi connectivity index (χ0v) is 10.2. The smallest absolute Gasteiger partial charge is 0.111 e. The van der Waals surface area contributed by atoms with E-state index >= 15 is 0 Å². The zero-order valence-electron chi connectivity index (χ0n) is 10.2.